The maximum Gasteiger partial charge on any atom is 0.241 e. The molecule has 0 radical (unpaired) electrons. The highest BCUT2D eigenvalue weighted by molar-refractivity contribution is 6.35. The number of aromatic nitrogens is 3. The topological polar surface area (TPSA) is 68.8 Å². The van der Waals surface area contributed by atoms with Gasteiger partial charge in [0.05, 0.1) is 12.1 Å². The maximum absolute atomic E-state index is 6.43. The molecule has 0 saturated carbocycles. The second kappa shape index (κ2) is 6.00. The van der Waals surface area contributed by atoms with Crippen LogP contribution in [0.25, 0.3) is 0 Å². The molecule has 3 aromatic rings. The zero-order valence-electron chi connectivity index (χ0n) is 12.7. The summed E-state index contributed by atoms with van der Waals surface area (Å²) in [7, 11) is 0. The lowest BCUT2D eigenvalue weighted by Crippen LogP contribution is -2.28. The lowest BCUT2D eigenvalue weighted by molar-refractivity contribution is 0.431. The summed E-state index contributed by atoms with van der Waals surface area (Å²) in [6, 6.07) is 15.8. The summed E-state index contributed by atoms with van der Waals surface area (Å²) in [4.78, 5) is 4.30. The molecule has 2 heterocycles. The standard InChI is InChI=1S/C17H15Cl2N5/c18-11-6-7-12(13(19)8-11)15-9-14(10-4-2-1-3-5-10)21-17-22-16(20)23-24(15)17/h1-8,14-15H,9H2,(H3,20,21,22,23). The molecular weight excluding hydrogens is 345 g/mol. The molecule has 2 aromatic carbocycles. The summed E-state index contributed by atoms with van der Waals surface area (Å²) in [5.41, 5.74) is 7.94. The van der Waals surface area contributed by atoms with Crippen LogP contribution in [-0.4, -0.2) is 14.8 Å². The van der Waals surface area contributed by atoms with Crippen LogP contribution in [0.1, 0.15) is 29.6 Å². The number of nitrogens with zero attached hydrogens (tertiary/aromatic N) is 3. The minimum Gasteiger partial charge on any atom is -0.366 e. The van der Waals surface area contributed by atoms with Gasteiger partial charge < -0.3 is 11.1 Å². The predicted molar refractivity (Wildman–Crippen MR) is 96.5 cm³/mol. The van der Waals surface area contributed by atoms with E-state index in [0.717, 1.165) is 12.0 Å². The van der Waals surface area contributed by atoms with Crippen LogP contribution in [0.3, 0.4) is 0 Å². The van der Waals surface area contributed by atoms with Crippen molar-refractivity contribution >= 4 is 35.1 Å². The zero-order chi connectivity index (χ0) is 16.7. The van der Waals surface area contributed by atoms with E-state index in [1.807, 2.05) is 30.3 Å². The molecule has 0 fully saturated rings. The minimum atomic E-state index is -0.0685. The monoisotopic (exact) mass is 359 g/mol. The Morgan fingerprint density at radius 3 is 2.67 bits per heavy atom. The smallest absolute Gasteiger partial charge is 0.241 e. The van der Waals surface area contributed by atoms with Crippen molar-refractivity contribution in [3.63, 3.8) is 0 Å². The molecule has 0 bridgehead atoms. The Hall–Kier alpha value is -2.24. The van der Waals surface area contributed by atoms with Gasteiger partial charge in [0, 0.05) is 10.0 Å². The van der Waals surface area contributed by atoms with Crippen LogP contribution in [0.15, 0.2) is 48.5 Å². The number of nitrogen functional groups attached to an aromatic ring is 1. The zero-order valence-corrected chi connectivity index (χ0v) is 14.2. The van der Waals surface area contributed by atoms with Crippen LogP contribution in [0.4, 0.5) is 11.9 Å². The number of nitrogens with one attached hydrogen (secondary N) is 1. The second-order valence-electron chi connectivity index (χ2n) is 5.76. The first kappa shape index (κ1) is 15.3. The fourth-order valence-electron chi connectivity index (χ4n) is 3.13. The highest BCUT2D eigenvalue weighted by Crippen LogP contribution is 2.40. The van der Waals surface area contributed by atoms with E-state index in [0.29, 0.717) is 16.0 Å². The van der Waals surface area contributed by atoms with E-state index in [1.165, 1.54) is 5.56 Å². The Morgan fingerprint density at radius 2 is 1.92 bits per heavy atom. The molecule has 7 heteroatoms. The highest BCUT2D eigenvalue weighted by atomic mass is 35.5. The van der Waals surface area contributed by atoms with Gasteiger partial charge in [-0.2, -0.15) is 4.98 Å². The van der Waals surface area contributed by atoms with Crippen molar-refractivity contribution in [2.24, 2.45) is 0 Å². The summed E-state index contributed by atoms with van der Waals surface area (Å²) in [5, 5.41) is 8.95. The maximum atomic E-state index is 6.43. The normalized spacial score (nSPS) is 19.6. The molecule has 0 spiro atoms. The average molecular weight is 360 g/mol. The number of rotatable bonds is 2. The van der Waals surface area contributed by atoms with Gasteiger partial charge in [0.15, 0.2) is 0 Å². The van der Waals surface area contributed by atoms with Crippen LogP contribution in [0.2, 0.25) is 10.0 Å². The van der Waals surface area contributed by atoms with Crippen LogP contribution in [0, 0.1) is 0 Å². The molecule has 1 aliphatic rings. The Labute approximate surface area is 149 Å². The Morgan fingerprint density at radius 1 is 1.12 bits per heavy atom. The van der Waals surface area contributed by atoms with Gasteiger partial charge in [-0.25, -0.2) is 4.68 Å². The molecule has 24 heavy (non-hydrogen) atoms. The Bertz CT molecular complexity index is 878. The van der Waals surface area contributed by atoms with Crippen molar-refractivity contribution in [3.8, 4) is 0 Å². The highest BCUT2D eigenvalue weighted by Gasteiger charge is 2.31. The fourth-order valence-corrected chi connectivity index (χ4v) is 3.66. The van der Waals surface area contributed by atoms with Gasteiger partial charge in [-0.15, -0.1) is 5.10 Å². The largest absolute Gasteiger partial charge is 0.366 e. The van der Waals surface area contributed by atoms with Crippen molar-refractivity contribution in [2.75, 3.05) is 11.1 Å². The first-order valence-electron chi connectivity index (χ1n) is 7.60. The molecule has 1 aromatic heterocycles. The Balaban J connectivity index is 1.79. The number of hydrogen-bond acceptors (Lipinski definition) is 4. The molecule has 0 amide bonds. The molecule has 122 valence electrons. The van der Waals surface area contributed by atoms with Gasteiger partial charge in [-0.1, -0.05) is 59.6 Å². The van der Waals surface area contributed by atoms with Crippen LogP contribution in [0.5, 0.6) is 0 Å². The number of hydrogen-bond donors (Lipinski definition) is 2. The molecule has 2 unspecified atom stereocenters. The minimum absolute atomic E-state index is 0.0685. The molecule has 3 N–H and O–H groups in total. The van der Waals surface area contributed by atoms with Gasteiger partial charge in [-0.05, 0) is 29.7 Å². The first-order valence-corrected chi connectivity index (χ1v) is 8.36. The summed E-state index contributed by atoms with van der Waals surface area (Å²) in [6.45, 7) is 0. The van der Waals surface area contributed by atoms with Gasteiger partial charge in [0.1, 0.15) is 0 Å². The van der Waals surface area contributed by atoms with Crippen LogP contribution in [-0.2, 0) is 0 Å². The molecule has 0 saturated heterocycles. The molecule has 1 aliphatic heterocycles. The van der Waals surface area contributed by atoms with E-state index < -0.39 is 0 Å². The quantitative estimate of drug-likeness (QED) is 0.714. The average Bonchev–Trinajstić information content (AvgIpc) is 2.95. The van der Waals surface area contributed by atoms with E-state index in [-0.39, 0.29) is 18.0 Å². The third-order valence-electron chi connectivity index (χ3n) is 4.23. The summed E-state index contributed by atoms with van der Waals surface area (Å²) < 4.78 is 1.80. The number of fused-ring (bicyclic) bond motifs is 1. The van der Waals surface area contributed by atoms with E-state index in [2.05, 4.69) is 27.5 Å². The number of anilines is 2. The van der Waals surface area contributed by atoms with Crippen molar-refractivity contribution in [2.45, 2.75) is 18.5 Å². The fraction of sp³-hybridized carbons (Fsp3) is 0.176. The van der Waals surface area contributed by atoms with E-state index in [9.17, 15) is 0 Å². The molecule has 2 atom stereocenters. The second-order valence-corrected chi connectivity index (χ2v) is 6.61. The van der Waals surface area contributed by atoms with Crippen LogP contribution >= 0.6 is 23.2 Å². The number of nitrogens with two attached hydrogens (primary N) is 1. The SMILES string of the molecule is Nc1nc2n(n1)C(c1ccc(Cl)cc1Cl)CC(c1ccccc1)N2. The van der Waals surface area contributed by atoms with Crippen molar-refractivity contribution in [3.05, 3.63) is 69.7 Å². The first-order chi connectivity index (χ1) is 11.6. The molecule has 0 aliphatic carbocycles. The van der Waals surface area contributed by atoms with E-state index >= 15 is 0 Å². The van der Waals surface area contributed by atoms with E-state index in [1.54, 1.807) is 10.7 Å². The molecule has 4 rings (SSSR count). The van der Waals surface area contributed by atoms with E-state index in [4.69, 9.17) is 28.9 Å². The lowest BCUT2D eigenvalue weighted by Gasteiger charge is -2.32. The van der Waals surface area contributed by atoms with Gasteiger partial charge in [0.2, 0.25) is 11.9 Å². The summed E-state index contributed by atoms with van der Waals surface area (Å²) >= 11 is 12.5. The Kier molecular flexibility index (Phi) is 3.82. The van der Waals surface area contributed by atoms with Crippen molar-refractivity contribution < 1.29 is 0 Å². The van der Waals surface area contributed by atoms with Crippen LogP contribution < -0.4 is 11.1 Å². The van der Waals surface area contributed by atoms with Gasteiger partial charge in [0.25, 0.3) is 0 Å². The van der Waals surface area contributed by atoms with Gasteiger partial charge in [-0.3, -0.25) is 0 Å². The lowest BCUT2D eigenvalue weighted by atomic mass is 9.93. The number of halogens is 2. The van der Waals surface area contributed by atoms with Crippen molar-refractivity contribution in [1.82, 2.24) is 14.8 Å². The van der Waals surface area contributed by atoms with Gasteiger partial charge >= 0.3 is 0 Å². The molecular formula is C17H15Cl2N5. The number of benzene rings is 2. The third kappa shape index (κ3) is 2.70. The van der Waals surface area contributed by atoms with Crippen molar-refractivity contribution in [1.29, 1.82) is 0 Å². The summed E-state index contributed by atoms with van der Waals surface area (Å²) in [5.74, 6) is 0.880. The third-order valence-corrected chi connectivity index (χ3v) is 4.79. The molecule has 5 nitrogen and oxygen atoms in total. The summed E-state index contributed by atoms with van der Waals surface area (Å²) in [6.07, 6.45) is 0.779. The predicted octanol–water partition coefficient (Wildman–Crippen LogP) is 4.31.